The summed E-state index contributed by atoms with van der Waals surface area (Å²) in [7, 11) is 0. The standard InChI is InChI=1S/C17H26N2O5/c1-12-7-8-14(19(21)22)15(10-12)23-13-6-5-9-18(11-13)16(20)24-17(2,3)4/h7-8,10,13,21-22H,5-6,9,11H2,1-4H3/t13-/m0/s1. The van der Waals surface area contributed by atoms with Gasteiger partial charge in [0, 0.05) is 6.54 Å². The number of likely N-dealkylation sites (tertiary alicyclic amines) is 1. The summed E-state index contributed by atoms with van der Waals surface area (Å²) in [5, 5.41) is 18.7. The van der Waals surface area contributed by atoms with Gasteiger partial charge in [-0.25, -0.2) is 4.79 Å². The Morgan fingerprint density at radius 1 is 1.33 bits per heavy atom. The molecule has 1 aromatic rings. The van der Waals surface area contributed by atoms with Crippen LogP contribution in [0.15, 0.2) is 18.2 Å². The van der Waals surface area contributed by atoms with Gasteiger partial charge in [0.05, 0.1) is 6.54 Å². The molecular weight excluding hydrogens is 312 g/mol. The third kappa shape index (κ3) is 5.01. The van der Waals surface area contributed by atoms with E-state index in [-0.39, 0.29) is 23.1 Å². The molecule has 1 aliphatic rings. The highest BCUT2D eigenvalue weighted by Crippen LogP contribution is 2.30. The Labute approximate surface area is 142 Å². The van der Waals surface area contributed by atoms with Crippen molar-refractivity contribution >= 4 is 11.8 Å². The molecule has 0 aromatic heterocycles. The number of benzene rings is 1. The predicted octanol–water partition coefficient (Wildman–Crippen LogP) is 3.36. The molecule has 1 amide bonds. The summed E-state index contributed by atoms with van der Waals surface area (Å²) < 4.78 is 11.3. The zero-order valence-electron chi connectivity index (χ0n) is 14.7. The van der Waals surface area contributed by atoms with Gasteiger partial charge < -0.3 is 14.4 Å². The first-order valence-corrected chi connectivity index (χ1v) is 8.09. The summed E-state index contributed by atoms with van der Waals surface area (Å²) in [6, 6.07) is 5.07. The van der Waals surface area contributed by atoms with E-state index in [2.05, 4.69) is 0 Å². The maximum absolute atomic E-state index is 12.2. The monoisotopic (exact) mass is 338 g/mol. The maximum atomic E-state index is 12.2. The third-order valence-corrected chi connectivity index (χ3v) is 3.65. The van der Waals surface area contributed by atoms with Crippen LogP contribution in [0.4, 0.5) is 10.5 Å². The van der Waals surface area contributed by atoms with Gasteiger partial charge in [0.15, 0.2) is 0 Å². The third-order valence-electron chi connectivity index (χ3n) is 3.65. The van der Waals surface area contributed by atoms with Gasteiger partial charge in [-0.15, -0.1) is 5.23 Å². The Kier molecular flexibility index (Phi) is 5.56. The lowest BCUT2D eigenvalue weighted by Crippen LogP contribution is -2.46. The van der Waals surface area contributed by atoms with Crippen LogP contribution < -0.4 is 9.96 Å². The van der Waals surface area contributed by atoms with Crippen molar-refractivity contribution in [3.63, 3.8) is 0 Å². The van der Waals surface area contributed by atoms with E-state index in [0.717, 1.165) is 18.4 Å². The van der Waals surface area contributed by atoms with Crippen molar-refractivity contribution in [2.45, 2.75) is 52.2 Å². The Balaban J connectivity index is 2.06. The molecule has 1 atom stereocenters. The average Bonchev–Trinajstić information content (AvgIpc) is 2.45. The maximum Gasteiger partial charge on any atom is 0.410 e. The molecule has 1 saturated heterocycles. The number of amides is 1. The van der Waals surface area contributed by atoms with Crippen LogP contribution in [0.3, 0.4) is 0 Å². The molecule has 1 heterocycles. The number of piperidine rings is 1. The molecule has 2 N–H and O–H groups in total. The quantitative estimate of drug-likeness (QED) is 0.823. The number of carbonyl (C=O) groups is 1. The van der Waals surface area contributed by atoms with E-state index in [1.165, 1.54) is 0 Å². The van der Waals surface area contributed by atoms with Gasteiger partial charge in [0.2, 0.25) is 0 Å². The number of anilines is 1. The number of rotatable bonds is 3. The van der Waals surface area contributed by atoms with Crippen molar-refractivity contribution in [3.05, 3.63) is 23.8 Å². The SMILES string of the molecule is Cc1ccc(N(O)O)c(O[C@H]2CCCN(C(=O)OC(C)(C)C)C2)c1. The van der Waals surface area contributed by atoms with Crippen molar-refractivity contribution < 1.29 is 24.7 Å². The Bertz CT molecular complexity index is 583. The lowest BCUT2D eigenvalue weighted by molar-refractivity contribution is 0.00561. The molecule has 24 heavy (non-hydrogen) atoms. The van der Waals surface area contributed by atoms with Crippen LogP contribution in [-0.4, -0.2) is 46.2 Å². The summed E-state index contributed by atoms with van der Waals surface area (Å²) in [4.78, 5) is 13.8. The number of hydrogen-bond donors (Lipinski definition) is 2. The highest BCUT2D eigenvalue weighted by Gasteiger charge is 2.29. The van der Waals surface area contributed by atoms with E-state index in [1.807, 2.05) is 27.7 Å². The van der Waals surface area contributed by atoms with Crippen molar-refractivity contribution in [2.24, 2.45) is 0 Å². The molecule has 0 unspecified atom stereocenters. The Morgan fingerprint density at radius 3 is 2.67 bits per heavy atom. The van der Waals surface area contributed by atoms with E-state index in [9.17, 15) is 15.2 Å². The molecular formula is C17H26N2O5. The summed E-state index contributed by atoms with van der Waals surface area (Å²) in [6.07, 6.45) is 0.995. The smallest absolute Gasteiger partial charge is 0.410 e. The van der Waals surface area contributed by atoms with Gasteiger partial charge in [-0.3, -0.25) is 10.4 Å². The fourth-order valence-corrected chi connectivity index (χ4v) is 2.59. The second kappa shape index (κ2) is 7.27. The molecule has 0 saturated carbocycles. The van der Waals surface area contributed by atoms with Gasteiger partial charge in [0.1, 0.15) is 23.1 Å². The molecule has 1 aromatic carbocycles. The van der Waals surface area contributed by atoms with Crippen LogP contribution >= 0.6 is 0 Å². The number of aryl methyl sites for hydroxylation is 1. The molecule has 7 heteroatoms. The first-order chi connectivity index (χ1) is 11.2. The number of ether oxygens (including phenoxy) is 2. The average molecular weight is 338 g/mol. The molecule has 0 bridgehead atoms. The first-order valence-electron chi connectivity index (χ1n) is 8.09. The van der Waals surface area contributed by atoms with Crippen molar-refractivity contribution in [1.29, 1.82) is 0 Å². The molecule has 2 rings (SSSR count). The van der Waals surface area contributed by atoms with Crippen molar-refractivity contribution in [3.8, 4) is 5.75 Å². The minimum absolute atomic E-state index is 0.0449. The fraction of sp³-hybridized carbons (Fsp3) is 0.588. The van der Waals surface area contributed by atoms with Crippen LogP contribution in [0.2, 0.25) is 0 Å². The highest BCUT2D eigenvalue weighted by atomic mass is 16.8. The van der Waals surface area contributed by atoms with Gasteiger partial charge in [-0.1, -0.05) is 6.07 Å². The molecule has 134 valence electrons. The second-order valence-electron chi connectivity index (χ2n) is 7.07. The van der Waals surface area contributed by atoms with Gasteiger partial charge in [-0.2, -0.15) is 0 Å². The molecule has 0 aliphatic carbocycles. The minimum atomic E-state index is -0.539. The van der Waals surface area contributed by atoms with Crippen LogP contribution in [0.1, 0.15) is 39.2 Å². The summed E-state index contributed by atoms with van der Waals surface area (Å²) in [5.74, 6) is 0.371. The molecule has 7 nitrogen and oxygen atoms in total. The van der Waals surface area contributed by atoms with Gasteiger partial charge in [0.25, 0.3) is 0 Å². The van der Waals surface area contributed by atoms with E-state index in [1.54, 1.807) is 23.1 Å². The normalized spacial score (nSPS) is 18.2. The minimum Gasteiger partial charge on any atom is -0.486 e. The molecule has 1 aliphatic heterocycles. The summed E-state index contributed by atoms with van der Waals surface area (Å²) in [5.41, 5.74) is 0.563. The zero-order valence-corrected chi connectivity index (χ0v) is 14.7. The number of carbonyl (C=O) groups excluding carboxylic acids is 1. The Morgan fingerprint density at radius 2 is 2.04 bits per heavy atom. The number of hydrogen-bond acceptors (Lipinski definition) is 6. The molecule has 1 fully saturated rings. The molecule has 0 radical (unpaired) electrons. The summed E-state index contributed by atoms with van der Waals surface area (Å²) >= 11 is 0. The largest absolute Gasteiger partial charge is 0.486 e. The topological polar surface area (TPSA) is 82.5 Å². The summed E-state index contributed by atoms with van der Waals surface area (Å²) in [6.45, 7) is 8.42. The first kappa shape index (κ1) is 18.4. The van der Waals surface area contributed by atoms with Crippen LogP contribution in [0.25, 0.3) is 0 Å². The van der Waals surface area contributed by atoms with Crippen LogP contribution in [0, 0.1) is 6.92 Å². The van der Waals surface area contributed by atoms with E-state index < -0.39 is 5.60 Å². The predicted molar refractivity (Wildman–Crippen MR) is 88.7 cm³/mol. The zero-order chi connectivity index (χ0) is 17.9. The van der Waals surface area contributed by atoms with Crippen LogP contribution in [0.5, 0.6) is 5.75 Å². The van der Waals surface area contributed by atoms with Gasteiger partial charge in [-0.05, 0) is 58.2 Å². The van der Waals surface area contributed by atoms with E-state index >= 15 is 0 Å². The van der Waals surface area contributed by atoms with Crippen molar-refractivity contribution in [1.82, 2.24) is 4.90 Å². The van der Waals surface area contributed by atoms with E-state index in [4.69, 9.17) is 9.47 Å². The molecule has 0 spiro atoms. The fourth-order valence-electron chi connectivity index (χ4n) is 2.59. The Hall–Kier alpha value is -1.99. The van der Waals surface area contributed by atoms with Gasteiger partial charge >= 0.3 is 6.09 Å². The van der Waals surface area contributed by atoms with Crippen LogP contribution in [-0.2, 0) is 4.74 Å². The lowest BCUT2D eigenvalue weighted by atomic mass is 10.1. The number of nitrogens with zero attached hydrogens (tertiary/aromatic N) is 2. The second-order valence-corrected chi connectivity index (χ2v) is 7.07. The lowest BCUT2D eigenvalue weighted by Gasteiger charge is -2.34. The van der Waals surface area contributed by atoms with Crippen molar-refractivity contribution in [2.75, 3.05) is 18.3 Å². The van der Waals surface area contributed by atoms with E-state index in [0.29, 0.717) is 18.8 Å². The highest BCUT2D eigenvalue weighted by molar-refractivity contribution is 5.68.